The number of ether oxygens (including phenoxy) is 1. The first kappa shape index (κ1) is 45.9. The van der Waals surface area contributed by atoms with Crippen LogP contribution in [0.15, 0.2) is 24.3 Å². The molecular formula is C43H82O4. The molecule has 0 aromatic heterocycles. The van der Waals surface area contributed by atoms with Gasteiger partial charge in [0.05, 0.1) is 6.61 Å². The van der Waals surface area contributed by atoms with E-state index in [0.717, 1.165) is 38.5 Å². The Morgan fingerprint density at radius 1 is 0.489 bits per heavy atom. The van der Waals surface area contributed by atoms with Gasteiger partial charge in [0.25, 0.3) is 0 Å². The molecule has 2 N–H and O–H groups in total. The Balaban J connectivity index is 3.69. The first-order valence-corrected chi connectivity index (χ1v) is 21.0. The standard InChI is InChI=1S/C43H82O4/c1-3-5-7-9-11-13-15-17-19-21-23-24-26-28-30-32-34-36-38-42(41(45)40-44)47-43(46)39-37-35-33-31-29-27-25-22-20-18-16-14-12-10-8-6-4-2/h22,25,36,38,41-42,44-45H,3-21,23-24,26-35,37,39-40H2,1-2H3/b25-22-,38-36?. The molecule has 0 aliphatic rings. The van der Waals surface area contributed by atoms with Gasteiger partial charge in [-0.05, 0) is 51.0 Å². The number of carbonyl (C=O) groups is 1. The lowest BCUT2D eigenvalue weighted by Gasteiger charge is -2.18. The highest BCUT2D eigenvalue weighted by atomic mass is 16.6. The summed E-state index contributed by atoms with van der Waals surface area (Å²) in [6.07, 6.45) is 48.5. The van der Waals surface area contributed by atoms with Crippen molar-refractivity contribution in [3.05, 3.63) is 24.3 Å². The molecule has 0 aromatic rings. The van der Waals surface area contributed by atoms with E-state index < -0.39 is 18.8 Å². The number of rotatable bonds is 38. The minimum atomic E-state index is -1.07. The van der Waals surface area contributed by atoms with Gasteiger partial charge in [0.1, 0.15) is 12.2 Å². The van der Waals surface area contributed by atoms with Crippen molar-refractivity contribution in [2.24, 2.45) is 0 Å². The molecule has 2 unspecified atom stereocenters. The van der Waals surface area contributed by atoms with Gasteiger partial charge in [0.15, 0.2) is 0 Å². The van der Waals surface area contributed by atoms with Gasteiger partial charge >= 0.3 is 5.97 Å². The predicted octanol–water partition coefficient (Wildman–Crippen LogP) is 13.3. The van der Waals surface area contributed by atoms with E-state index in [1.807, 2.05) is 6.08 Å². The van der Waals surface area contributed by atoms with E-state index in [4.69, 9.17) is 4.74 Å². The highest BCUT2D eigenvalue weighted by Gasteiger charge is 2.19. The summed E-state index contributed by atoms with van der Waals surface area (Å²) >= 11 is 0. The van der Waals surface area contributed by atoms with E-state index in [0.29, 0.717) is 6.42 Å². The van der Waals surface area contributed by atoms with Gasteiger partial charge in [-0.15, -0.1) is 0 Å². The minimum Gasteiger partial charge on any atom is -0.455 e. The van der Waals surface area contributed by atoms with E-state index in [1.54, 1.807) is 6.08 Å². The second-order valence-electron chi connectivity index (χ2n) is 14.3. The lowest BCUT2D eigenvalue weighted by atomic mass is 10.0. The first-order chi connectivity index (χ1) is 23.2. The van der Waals surface area contributed by atoms with Gasteiger partial charge in [0.2, 0.25) is 0 Å². The molecule has 0 rings (SSSR count). The lowest BCUT2D eigenvalue weighted by molar-refractivity contribution is -0.152. The zero-order chi connectivity index (χ0) is 34.3. The predicted molar refractivity (Wildman–Crippen MR) is 205 cm³/mol. The quantitative estimate of drug-likeness (QED) is 0.0392. The fraction of sp³-hybridized carbons (Fsp3) is 0.884. The number of esters is 1. The van der Waals surface area contributed by atoms with Crippen molar-refractivity contribution in [2.75, 3.05) is 6.61 Å². The fourth-order valence-electron chi connectivity index (χ4n) is 6.29. The molecule has 2 atom stereocenters. The molecule has 47 heavy (non-hydrogen) atoms. The molecule has 0 amide bonds. The van der Waals surface area contributed by atoms with Crippen molar-refractivity contribution in [3.63, 3.8) is 0 Å². The fourth-order valence-corrected chi connectivity index (χ4v) is 6.29. The van der Waals surface area contributed by atoms with Crippen LogP contribution in [-0.4, -0.2) is 35.0 Å². The average molecular weight is 663 g/mol. The van der Waals surface area contributed by atoms with Gasteiger partial charge < -0.3 is 14.9 Å². The van der Waals surface area contributed by atoms with Crippen molar-refractivity contribution >= 4 is 5.97 Å². The SMILES string of the molecule is CCCCCCCCCC/C=C\CCCCCCCC(=O)OC(C=CCCCCCCCCCCCCCCCCCC)C(O)CO. The number of aliphatic hydroxyl groups is 2. The van der Waals surface area contributed by atoms with Crippen molar-refractivity contribution in [2.45, 2.75) is 238 Å². The van der Waals surface area contributed by atoms with Crippen molar-refractivity contribution in [1.82, 2.24) is 0 Å². The Hall–Kier alpha value is -1.13. The summed E-state index contributed by atoms with van der Waals surface area (Å²) in [7, 11) is 0. The smallest absolute Gasteiger partial charge is 0.306 e. The van der Waals surface area contributed by atoms with Crippen molar-refractivity contribution in [3.8, 4) is 0 Å². The molecule has 0 radical (unpaired) electrons. The van der Waals surface area contributed by atoms with Crippen LogP contribution in [0.5, 0.6) is 0 Å². The van der Waals surface area contributed by atoms with Crippen LogP contribution in [-0.2, 0) is 9.53 Å². The van der Waals surface area contributed by atoms with Gasteiger partial charge in [-0.2, -0.15) is 0 Å². The number of carbonyl (C=O) groups excluding carboxylic acids is 1. The largest absolute Gasteiger partial charge is 0.455 e. The van der Waals surface area contributed by atoms with E-state index in [2.05, 4.69) is 26.0 Å². The van der Waals surface area contributed by atoms with Gasteiger partial charge in [0, 0.05) is 6.42 Å². The number of aliphatic hydroxyl groups excluding tert-OH is 2. The summed E-state index contributed by atoms with van der Waals surface area (Å²) in [5.41, 5.74) is 0. The molecule has 0 heterocycles. The number of allylic oxidation sites excluding steroid dienone is 3. The molecule has 0 saturated carbocycles. The number of hydrogen-bond donors (Lipinski definition) is 2. The Morgan fingerprint density at radius 2 is 0.809 bits per heavy atom. The zero-order valence-electron chi connectivity index (χ0n) is 31.7. The Bertz CT molecular complexity index is 673. The molecule has 0 aliphatic carbocycles. The summed E-state index contributed by atoms with van der Waals surface area (Å²) in [6, 6.07) is 0. The van der Waals surface area contributed by atoms with Crippen molar-refractivity contribution in [1.29, 1.82) is 0 Å². The van der Waals surface area contributed by atoms with Crippen LogP contribution in [0.4, 0.5) is 0 Å². The normalized spacial score (nSPS) is 13.2. The molecule has 0 saturated heterocycles. The van der Waals surface area contributed by atoms with Gasteiger partial charge in [-0.1, -0.05) is 193 Å². The van der Waals surface area contributed by atoms with Crippen LogP contribution in [0.2, 0.25) is 0 Å². The third-order valence-electron chi connectivity index (χ3n) is 9.53. The van der Waals surface area contributed by atoms with E-state index >= 15 is 0 Å². The van der Waals surface area contributed by atoms with Crippen LogP contribution in [0.3, 0.4) is 0 Å². The summed E-state index contributed by atoms with van der Waals surface area (Å²) in [6.45, 7) is 4.15. The monoisotopic (exact) mass is 663 g/mol. The molecular weight excluding hydrogens is 580 g/mol. The molecule has 0 fully saturated rings. The maximum Gasteiger partial charge on any atom is 0.306 e. The molecule has 0 bridgehead atoms. The molecule has 278 valence electrons. The summed E-state index contributed by atoms with van der Waals surface area (Å²) < 4.78 is 5.52. The van der Waals surface area contributed by atoms with Crippen LogP contribution in [0.25, 0.3) is 0 Å². The van der Waals surface area contributed by atoms with Crippen LogP contribution in [0.1, 0.15) is 226 Å². The van der Waals surface area contributed by atoms with Crippen molar-refractivity contribution < 1.29 is 19.7 Å². The minimum absolute atomic E-state index is 0.279. The summed E-state index contributed by atoms with van der Waals surface area (Å²) in [4.78, 5) is 12.4. The van der Waals surface area contributed by atoms with E-state index in [-0.39, 0.29) is 5.97 Å². The third kappa shape index (κ3) is 36.0. The topological polar surface area (TPSA) is 66.8 Å². The number of unbranched alkanes of at least 4 members (excludes halogenated alkanes) is 29. The van der Waals surface area contributed by atoms with Gasteiger partial charge in [-0.3, -0.25) is 4.79 Å². The Labute approximate surface area is 294 Å². The van der Waals surface area contributed by atoms with Gasteiger partial charge in [-0.25, -0.2) is 0 Å². The summed E-state index contributed by atoms with van der Waals surface area (Å²) in [5.74, 6) is -0.279. The molecule has 4 heteroatoms. The maximum atomic E-state index is 12.4. The summed E-state index contributed by atoms with van der Waals surface area (Å²) in [5, 5.41) is 19.6. The molecule has 0 aromatic carbocycles. The molecule has 4 nitrogen and oxygen atoms in total. The van der Waals surface area contributed by atoms with Crippen LogP contribution >= 0.6 is 0 Å². The second kappa shape index (κ2) is 39.3. The average Bonchev–Trinajstić information content (AvgIpc) is 3.08. The Morgan fingerprint density at radius 3 is 1.17 bits per heavy atom. The highest BCUT2D eigenvalue weighted by Crippen LogP contribution is 2.15. The lowest BCUT2D eigenvalue weighted by Crippen LogP contribution is -2.32. The zero-order valence-corrected chi connectivity index (χ0v) is 31.7. The highest BCUT2D eigenvalue weighted by molar-refractivity contribution is 5.69. The van der Waals surface area contributed by atoms with E-state index in [9.17, 15) is 15.0 Å². The second-order valence-corrected chi connectivity index (χ2v) is 14.3. The van der Waals surface area contributed by atoms with Crippen LogP contribution in [0, 0.1) is 0 Å². The van der Waals surface area contributed by atoms with E-state index in [1.165, 1.54) is 167 Å². The first-order valence-electron chi connectivity index (χ1n) is 21.0. The molecule has 0 spiro atoms. The molecule has 0 aliphatic heterocycles. The maximum absolute atomic E-state index is 12.4. The third-order valence-corrected chi connectivity index (χ3v) is 9.53. The Kier molecular flexibility index (Phi) is 38.4. The van der Waals surface area contributed by atoms with Crippen LogP contribution < -0.4 is 0 Å². The number of hydrogen-bond acceptors (Lipinski definition) is 4.